The Morgan fingerprint density at radius 3 is 1.84 bits per heavy atom. The van der Waals surface area contributed by atoms with Crippen LogP contribution in [-0.2, 0) is 20.2 Å². The van der Waals surface area contributed by atoms with E-state index in [4.69, 9.17) is 25.2 Å². The van der Waals surface area contributed by atoms with Crippen molar-refractivity contribution in [1.82, 2.24) is 4.57 Å². The summed E-state index contributed by atoms with van der Waals surface area (Å²) in [6, 6.07) is 8.58. The molecule has 0 amide bonds. The van der Waals surface area contributed by atoms with Gasteiger partial charge in [-0.05, 0) is 57.9 Å². The molecular weight excluding hydrogens is 397 g/mol. The number of hydrogen-bond donors (Lipinski definition) is 0. The predicted octanol–water partition coefficient (Wildman–Crippen LogP) is 5.91. The first-order valence-corrected chi connectivity index (χ1v) is 10.9. The van der Waals surface area contributed by atoms with Gasteiger partial charge >= 0.3 is 33.3 Å². The number of halogens is 2. The van der Waals surface area contributed by atoms with Crippen LogP contribution >= 0.6 is 20.2 Å². The van der Waals surface area contributed by atoms with E-state index in [9.17, 15) is 0 Å². The van der Waals surface area contributed by atoms with E-state index < -0.39 is 0 Å². The van der Waals surface area contributed by atoms with Crippen molar-refractivity contribution in [2.24, 2.45) is 17.0 Å². The summed E-state index contributed by atoms with van der Waals surface area (Å²) in [6.07, 6.45) is 0. The summed E-state index contributed by atoms with van der Waals surface area (Å²) in [7, 11) is 13.4. The van der Waals surface area contributed by atoms with Gasteiger partial charge in [-0.3, -0.25) is 9.98 Å². The number of rotatable bonds is 3. The standard InChI is InChI=1S/C19H25N3.2ClH.Fe/c1-12-10-13(2)19(14(3)11-12)21-16(5)18-9-8-17(22(18)7)15(4)20-6;;;/h8-11H,1-7H3;2*1H;/q;;;+2/p-2. The van der Waals surface area contributed by atoms with Gasteiger partial charge in [0, 0.05) is 14.1 Å². The normalized spacial score (nSPS) is 12.2. The van der Waals surface area contributed by atoms with E-state index in [2.05, 4.69) is 68.6 Å². The van der Waals surface area contributed by atoms with Gasteiger partial charge in [0.05, 0.1) is 28.5 Å². The molecule has 0 unspecified atom stereocenters. The average molecular weight is 422 g/mol. The fourth-order valence-corrected chi connectivity index (χ4v) is 2.93. The summed E-state index contributed by atoms with van der Waals surface area (Å²) in [4.78, 5) is 9.15. The first-order chi connectivity index (χ1) is 11.8. The van der Waals surface area contributed by atoms with Crippen LogP contribution in [-0.4, -0.2) is 23.0 Å². The van der Waals surface area contributed by atoms with Gasteiger partial charge in [-0.2, -0.15) is 0 Å². The summed E-state index contributed by atoms with van der Waals surface area (Å²) >= 11 is 0.194. The Balaban J connectivity index is 0.000000970. The molecule has 0 aliphatic rings. The van der Waals surface area contributed by atoms with Crippen LogP contribution in [0.5, 0.6) is 0 Å². The van der Waals surface area contributed by atoms with Crippen molar-refractivity contribution in [3.63, 3.8) is 0 Å². The molecule has 0 N–H and O–H groups in total. The number of hydrogen-bond acceptors (Lipinski definition) is 2. The monoisotopic (exact) mass is 421 g/mol. The van der Waals surface area contributed by atoms with Crippen LogP contribution in [0.25, 0.3) is 0 Å². The number of aliphatic imine (C=N–C) groups is 2. The molecule has 0 bridgehead atoms. The van der Waals surface area contributed by atoms with Crippen molar-refractivity contribution < 1.29 is 13.1 Å². The van der Waals surface area contributed by atoms with Crippen molar-refractivity contribution in [3.05, 3.63) is 52.3 Å². The second-order valence-electron chi connectivity index (χ2n) is 5.97. The van der Waals surface area contributed by atoms with E-state index in [1.165, 1.54) is 16.7 Å². The Bertz CT molecular complexity index is 769. The van der Waals surface area contributed by atoms with Gasteiger partial charge in [0.1, 0.15) is 0 Å². The van der Waals surface area contributed by atoms with Gasteiger partial charge in [0.25, 0.3) is 0 Å². The average Bonchev–Trinajstić information content (AvgIpc) is 2.92. The van der Waals surface area contributed by atoms with Crippen molar-refractivity contribution >= 4 is 37.3 Å². The van der Waals surface area contributed by atoms with Gasteiger partial charge in [-0.1, -0.05) is 17.7 Å². The van der Waals surface area contributed by atoms with E-state index in [1.54, 1.807) is 0 Å². The Labute approximate surface area is 165 Å². The Kier molecular flexibility index (Phi) is 8.95. The molecule has 138 valence electrons. The molecule has 0 radical (unpaired) electrons. The third-order valence-electron chi connectivity index (χ3n) is 4.11. The fourth-order valence-electron chi connectivity index (χ4n) is 2.93. The molecule has 0 aliphatic heterocycles. The first-order valence-electron chi connectivity index (χ1n) is 7.85. The maximum atomic E-state index is 4.88. The molecule has 3 nitrogen and oxygen atoms in total. The molecule has 0 saturated carbocycles. The molecule has 25 heavy (non-hydrogen) atoms. The number of benzene rings is 1. The van der Waals surface area contributed by atoms with Crippen molar-refractivity contribution in [3.8, 4) is 0 Å². The molecule has 6 heteroatoms. The van der Waals surface area contributed by atoms with Crippen molar-refractivity contribution in [2.75, 3.05) is 7.05 Å². The van der Waals surface area contributed by atoms with Crippen LogP contribution in [0.4, 0.5) is 5.69 Å². The minimum atomic E-state index is 0.194. The van der Waals surface area contributed by atoms with Crippen LogP contribution < -0.4 is 0 Å². The van der Waals surface area contributed by atoms with Gasteiger partial charge < -0.3 is 4.57 Å². The quantitative estimate of drug-likeness (QED) is 0.435. The van der Waals surface area contributed by atoms with Gasteiger partial charge in [-0.15, -0.1) is 0 Å². The fraction of sp³-hybridized carbons (Fsp3) is 0.368. The van der Waals surface area contributed by atoms with E-state index >= 15 is 0 Å². The molecule has 2 aromatic rings. The van der Waals surface area contributed by atoms with E-state index in [0.717, 1.165) is 28.5 Å². The predicted molar refractivity (Wildman–Crippen MR) is 108 cm³/mol. The zero-order chi connectivity index (χ0) is 19.1. The molecule has 1 aromatic heterocycles. The van der Waals surface area contributed by atoms with E-state index in [1.807, 2.05) is 14.0 Å². The molecular formula is C19H25Cl2FeN3. The third-order valence-corrected chi connectivity index (χ3v) is 4.11. The second kappa shape index (κ2) is 10.2. The second-order valence-corrected chi connectivity index (χ2v) is 7.79. The van der Waals surface area contributed by atoms with Crippen molar-refractivity contribution in [2.45, 2.75) is 34.6 Å². The molecule has 0 fully saturated rings. The zero-order valence-electron chi connectivity index (χ0n) is 15.8. The summed E-state index contributed by atoms with van der Waals surface area (Å²) in [5, 5.41) is 0. The molecule has 2 rings (SSSR count). The van der Waals surface area contributed by atoms with E-state index in [-0.39, 0.29) is 13.1 Å². The topological polar surface area (TPSA) is 29.6 Å². The number of aryl methyl sites for hydroxylation is 3. The Morgan fingerprint density at radius 1 is 0.960 bits per heavy atom. The van der Waals surface area contributed by atoms with Crippen LogP contribution in [0.3, 0.4) is 0 Å². The first kappa shape index (κ1) is 22.0. The van der Waals surface area contributed by atoms with E-state index in [0.29, 0.717) is 0 Å². The summed E-state index contributed by atoms with van der Waals surface area (Å²) < 4.78 is 2.15. The Morgan fingerprint density at radius 2 is 1.40 bits per heavy atom. The number of nitrogens with zero attached hydrogens (tertiary/aromatic N) is 3. The molecule has 0 spiro atoms. The molecule has 0 aliphatic carbocycles. The summed E-state index contributed by atoms with van der Waals surface area (Å²) in [5.74, 6) is 0. The van der Waals surface area contributed by atoms with Gasteiger partial charge in [0.15, 0.2) is 0 Å². The van der Waals surface area contributed by atoms with Crippen LogP contribution in [0.2, 0.25) is 0 Å². The maximum absolute atomic E-state index is 4.88. The number of aromatic nitrogens is 1. The molecule has 1 heterocycles. The minimum absolute atomic E-state index is 0.194. The van der Waals surface area contributed by atoms with Crippen molar-refractivity contribution in [1.29, 1.82) is 0 Å². The Hall–Kier alpha value is -1.06. The SMILES string of the molecule is CN=C(C)c1ccc(C(C)=Nc2c(C)cc(C)cc2C)n1C.[Cl][Fe][Cl]. The van der Waals surface area contributed by atoms with Crippen LogP contribution in [0, 0.1) is 20.8 Å². The summed E-state index contributed by atoms with van der Waals surface area (Å²) in [5.41, 5.74) is 9.10. The van der Waals surface area contributed by atoms with Crippen LogP contribution in [0.15, 0.2) is 34.3 Å². The zero-order valence-corrected chi connectivity index (χ0v) is 18.4. The molecule has 1 aromatic carbocycles. The molecule has 0 atom stereocenters. The third kappa shape index (κ3) is 5.72. The molecule has 0 saturated heterocycles. The van der Waals surface area contributed by atoms with Gasteiger partial charge in [-0.25, -0.2) is 0 Å². The van der Waals surface area contributed by atoms with Gasteiger partial charge in [0.2, 0.25) is 0 Å². The van der Waals surface area contributed by atoms with Crippen LogP contribution in [0.1, 0.15) is 41.9 Å². The summed E-state index contributed by atoms with van der Waals surface area (Å²) in [6.45, 7) is 10.5.